The first-order valence-corrected chi connectivity index (χ1v) is 3.20. The van der Waals surface area contributed by atoms with Crippen LogP contribution in [0.25, 0.3) is 0 Å². The molecule has 12 heavy (non-hydrogen) atoms. The molecular weight excluding hydrogens is 197 g/mol. The van der Waals surface area contributed by atoms with Gasteiger partial charge in [0.15, 0.2) is 0 Å². The normalized spacial score (nSPS) is 10.8. The number of halogens is 2. The molecule has 70 valence electrons. The molecule has 0 aliphatic heterocycles. The lowest BCUT2D eigenvalue weighted by Gasteiger charge is -2.07. The Hall–Kier alpha value is -0.350. The molecule has 3 nitrogen and oxygen atoms in total. The van der Waals surface area contributed by atoms with Crippen LogP contribution in [-0.4, -0.2) is 4.98 Å². The lowest BCUT2D eigenvalue weighted by atomic mass is 10.2. The van der Waals surface area contributed by atoms with Crippen molar-refractivity contribution in [1.82, 2.24) is 10.4 Å². The Morgan fingerprint density at radius 1 is 1.50 bits per heavy atom. The zero-order valence-corrected chi connectivity index (χ0v) is 8.36. The third-order valence-electron chi connectivity index (χ3n) is 1.43. The maximum absolute atomic E-state index is 5.23. The molecule has 5 heteroatoms. The van der Waals surface area contributed by atoms with Crippen molar-refractivity contribution >= 4 is 24.8 Å². The van der Waals surface area contributed by atoms with Crippen molar-refractivity contribution < 1.29 is 0 Å². The number of nitrogens with two attached hydrogens (primary N) is 1. The summed E-state index contributed by atoms with van der Waals surface area (Å²) in [6, 6.07) is 4.05. The molecule has 0 fully saturated rings. The standard InChI is InChI=1S/C7H11N3.2ClH/c1-6(10-8)7-3-2-4-9-5-7;;/h2-6,10H,8H2,1H3;2*1H. The second kappa shape index (κ2) is 7.31. The number of nitrogens with one attached hydrogen (secondary N) is 1. The first-order chi connectivity index (χ1) is 4.84. The fourth-order valence-electron chi connectivity index (χ4n) is 0.728. The van der Waals surface area contributed by atoms with Crippen molar-refractivity contribution in [2.75, 3.05) is 0 Å². The van der Waals surface area contributed by atoms with E-state index >= 15 is 0 Å². The fraction of sp³-hybridized carbons (Fsp3) is 0.286. The van der Waals surface area contributed by atoms with Crippen molar-refractivity contribution in [3.8, 4) is 0 Å². The summed E-state index contributed by atoms with van der Waals surface area (Å²) in [6.45, 7) is 1.98. The molecule has 0 radical (unpaired) electrons. The van der Waals surface area contributed by atoms with Gasteiger partial charge in [0.2, 0.25) is 0 Å². The molecule has 0 bridgehead atoms. The summed E-state index contributed by atoms with van der Waals surface area (Å²) in [5.74, 6) is 5.23. The van der Waals surface area contributed by atoms with Crippen LogP contribution >= 0.6 is 24.8 Å². The van der Waals surface area contributed by atoms with E-state index in [0.29, 0.717) is 0 Å². The van der Waals surface area contributed by atoms with Gasteiger partial charge in [0.05, 0.1) is 0 Å². The average molecular weight is 210 g/mol. The molecule has 0 aromatic carbocycles. The predicted molar refractivity (Wildman–Crippen MR) is 54.5 cm³/mol. The number of nitrogens with zero attached hydrogens (tertiary/aromatic N) is 1. The van der Waals surface area contributed by atoms with Crippen LogP contribution in [0, 0.1) is 0 Å². The first-order valence-electron chi connectivity index (χ1n) is 3.20. The number of rotatable bonds is 2. The number of hydrogen-bond donors (Lipinski definition) is 2. The Labute approximate surface area is 84.5 Å². The first kappa shape index (κ1) is 14.2. The molecule has 0 aliphatic carbocycles. The van der Waals surface area contributed by atoms with Gasteiger partial charge in [-0.15, -0.1) is 24.8 Å². The van der Waals surface area contributed by atoms with E-state index in [1.807, 2.05) is 19.1 Å². The van der Waals surface area contributed by atoms with Crippen LogP contribution < -0.4 is 11.3 Å². The SMILES string of the molecule is CC(NN)c1cccnc1.Cl.Cl. The minimum atomic E-state index is 0. The van der Waals surface area contributed by atoms with Gasteiger partial charge in [-0.3, -0.25) is 16.3 Å². The molecule has 0 aliphatic rings. The number of pyridine rings is 1. The third-order valence-corrected chi connectivity index (χ3v) is 1.43. The quantitative estimate of drug-likeness (QED) is 0.573. The van der Waals surface area contributed by atoms with Crippen molar-refractivity contribution in [1.29, 1.82) is 0 Å². The van der Waals surface area contributed by atoms with Crippen LogP contribution in [0.15, 0.2) is 24.5 Å². The summed E-state index contributed by atoms with van der Waals surface area (Å²) in [4.78, 5) is 3.96. The molecule has 0 saturated heterocycles. The molecule has 0 amide bonds. The second-order valence-corrected chi connectivity index (χ2v) is 2.17. The highest BCUT2D eigenvalue weighted by Crippen LogP contribution is 2.06. The van der Waals surface area contributed by atoms with Crippen molar-refractivity contribution in [3.05, 3.63) is 30.1 Å². The Kier molecular flexibility index (Phi) is 8.64. The Balaban J connectivity index is 0. The maximum atomic E-state index is 5.23. The minimum Gasteiger partial charge on any atom is -0.271 e. The smallest absolute Gasteiger partial charge is 0.0447 e. The van der Waals surface area contributed by atoms with Crippen LogP contribution in [0.3, 0.4) is 0 Å². The molecule has 3 N–H and O–H groups in total. The summed E-state index contributed by atoms with van der Waals surface area (Å²) >= 11 is 0. The number of hydrogen-bond acceptors (Lipinski definition) is 3. The van der Waals surface area contributed by atoms with Gasteiger partial charge in [-0.25, -0.2) is 0 Å². The van der Waals surface area contributed by atoms with Crippen molar-refractivity contribution in [2.24, 2.45) is 5.84 Å². The highest BCUT2D eigenvalue weighted by Gasteiger charge is 1.99. The second-order valence-electron chi connectivity index (χ2n) is 2.17. The van der Waals surface area contributed by atoms with E-state index in [9.17, 15) is 0 Å². The summed E-state index contributed by atoms with van der Waals surface area (Å²) in [5.41, 5.74) is 3.74. The van der Waals surface area contributed by atoms with Gasteiger partial charge in [0.25, 0.3) is 0 Å². The Morgan fingerprint density at radius 3 is 2.58 bits per heavy atom. The van der Waals surface area contributed by atoms with E-state index < -0.39 is 0 Å². The van der Waals surface area contributed by atoms with E-state index in [-0.39, 0.29) is 30.9 Å². The summed E-state index contributed by atoms with van der Waals surface area (Å²) < 4.78 is 0. The highest BCUT2D eigenvalue weighted by atomic mass is 35.5. The maximum Gasteiger partial charge on any atom is 0.0447 e. The Bertz CT molecular complexity index is 193. The van der Waals surface area contributed by atoms with E-state index in [1.54, 1.807) is 12.4 Å². The molecule has 0 saturated carbocycles. The van der Waals surface area contributed by atoms with Crippen molar-refractivity contribution in [2.45, 2.75) is 13.0 Å². The van der Waals surface area contributed by atoms with E-state index in [0.717, 1.165) is 5.56 Å². The highest BCUT2D eigenvalue weighted by molar-refractivity contribution is 5.85. The van der Waals surface area contributed by atoms with Gasteiger partial charge < -0.3 is 0 Å². The molecule has 1 atom stereocenters. The monoisotopic (exact) mass is 209 g/mol. The largest absolute Gasteiger partial charge is 0.271 e. The van der Waals surface area contributed by atoms with Crippen LogP contribution in [0.5, 0.6) is 0 Å². The van der Waals surface area contributed by atoms with Crippen LogP contribution in [-0.2, 0) is 0 Å². The topological polar surface area (TPSA) is 50.9 Å². The van der Waals surface area contributed by atoms with Gasteiger partial charge in [-0.2, -0.15) is 0 Å². The lowest BCUT2D eigenvalue weighted by molar-refractivity contribution is 0.600. The molecule has 1 aromatic rings. The molecule has 0 spiro atoms. The minimum absolute atomic E-state index is 0. The molecular formula is C7H13Cl2N3. The number of aromatic nitrogens is 1. The van der Waals surface area contributed by atoms with Crippen molar-refractivity contribution in [3.63, 3.8) is 0 Å². The molecule has 1 aromatic heterocycles. The third kappa shape index (κ3) is 3.88. The Morgan fingerprint density at radius 2 is 2.17 bits per heavy atom. The summed E-state index contributed by atoms with van der Waals surface area (Å²) in [7, 11) is 0. The van der Waals surface area contributed by atoms with Gasteiger partial charge in [-0.05, 0) is 18.6 Å². The summed E-state index contributed by atoms with van der Waals surface area (Å²) in [5, 5.41) is 0. The predicted octanol–water partition coefficient (Wildman–Crippen LogP) is 1.45. The van der Waals surface area contributed by atoms with E-state index in [1.165, 1.54) is 0 Å². The van der Waals surface area contributed by atoms with E-state index in [2.05, 4.69) is 10.4 Å². The van der Waals surface area contributed by atoms with Gasteiger partial charge in [0.1, 0.15) is 0 Å². The van der Waals surface area contributed by atoms with E-state index in [4.69, 9.17) is 5.84 Å². The van der Waals surface area contributed by atoms with Gasteiger partial charge >= 0.3 is 0 Å². The molecule has 1 unspecified atom stereocenters. The number of hydrazine groups is 1. The van der Waals surface area contributed by atoms with Gasteiger partial charge in [-0.1, -0.05) is 6.07 Å². The fourth-order valence-corrected chi connectivity index (χ4v) is 0.728. The van der Waals surface area contributed by atoms with Crippen LogP contribution in [0.4, 0.5) is 0 Å². The van der Waals surface area contributed by atoms with Crippen LogP contribution in [0.1, 0.15) is 18.5 Å². The average Bonchev–Trinajstić information content (AvgIpc) is 2.05. The lowest BCUT2D eigenvalue weighted by Crippen LogP contribution is -2.25. The summed E-state index contributed by atoms with van der Waals surface area (Å²) in [6.07, 6.45) is 3.54. The molecule has 1 rings (SSSR count). The molecule has 1 heterocycles. The van der Waals surface area contributed by atoms with Gasteiger partial charge in [0, 0.05) is 18.4 Å². The zero-order valence-electron chi connectivity index (χ0n) is 6.73. The van der Waals surface area contributed by atoms with Crippen LogP contribution in [0.2, 0.25) is 0 Å². The zero-order chi connectivity index (χ0) is 7.40.